The Kier molecular flexibility index (Phi) is 5.31. The Morgan fingerprint density at radius 1 is 1.26 bits per heavy atom. The lowest BCUT2D eigenvalue weighted by atomic mass is 10.1. The normalized spacial score (nSPS) is 10.9. The van der Waals surface area contributed by atoms with Crippen molar-refractivity contribution < 1.29 is 4.79 Å². The molecule has 0 N–H and O–H groups in total. The predicted molar refractivity (Wildman–Crippen MR) is 83.7 cm³/mol. The van der Waals surface area contributed by atoms with E-state index in [1.54, 1.807) is 11.3 Å². The van der Waals surface area contributed by atoms with Gasteiger partial charge in [0, 0.05) is 34.4 Å². The summed E-state index contributed by atoms with van der Waals surface area (Å²) in [7, 11) is 2.05. The largest absolute Gasteiger partial charge is 0.301 e. The van der Waals surface area contributed by atoms with E-state index >= 15 is 0 Å². The van der Waals surface area contributed by atoms with E-state index in [0.717, 1.165) is 23.1 Å². The molecule has 0 unspecified atom stereocenters. The number of benzene rings is 1. The van der Waals surface area contributed by atoms with Crippen molar-refractivity contribution in [3.8, 4) is 0 Å². The molecule has 1 heterocycles. The molecule has 0 saturated heterocycles. The zero-order valence-corrected chi connectivity index (χ0v) is 13.2. The van der Waals surface area contributed by atoms with Crippen LogP contribution in [0.5, 0.6) is 0 Å². The van der Waals surface area contributed by atoms with E-state index in [4.69, 9.17) is 0 Å². The average molecular weight is 338 g/mol. The summed E-state index contributed by atoms with van der Waals surface area (Å²) in [6.45, 7) is 1.68. The van der Waals surface area contributed by atoms with Gasteiger partial charge >= 0.3 is 0 Å². The molecule has 0 aliphatic carbocycles. The molecule has 2 nitrogen and oxygen atoms in total. The van der Waals surface area contributed by atoms with E-state index in [2.05, 4.69) is 38.3 Å². The standard InChI is InChI=1S/C15H16BrNOS/c1-17(11-12-5-4-10-19-12)9-8-15(18)13-6-2-3-7-14(13)16/h2-7,10H,8-9,11H2,1H3. The van der Waals surface area contributed by atoms with Crippen LogP contribution in [-0.4, -0.2) is 24.3 Å². The molecule has 19 heavy (non-hydrogen) atoms. The van der Waals surface area contributed by atoms with Crippen molar-refractivity contribution in [3.63, 3.8) is 0 Å². The Morgan fingerprint density at radius 2 is 2.05 bits per heavy atom. The summed E-state index contributed by atoms with van der Waals surface area (Å²) in [6, 6.07) is 11.8. The quantitative estimate of drug-likeness (QED) is 0.735. The highest BCUT2D eigenvalue weighted by Gasteiger charge is 2.10. The van der Waals surface area contributed by atoms with Gasteiger partial charge < -0.3 is 4.90 Å². The van der Waals surface area contributed by atoms with Crippen molar-refractivity contribution in [2.75, 3.05) is 13.6 Å². The van der Waals surface area contributed by atoms with E-state index in [1.807, 2.05) is 31.3 Å². The van der Waals surface area contributed by atoms with Gasteiger partial charge in [-0.05, 0) is 24.6 Å². The third kappa shape index (κ3) is 4.27. The SMILES string of the molecule is CN(CCC(=O)c1ccccc1Br)Cc1cccs1. The van der Waals surface area contributed by atoms with E-state index in [-0.39, 0.29) is 5.78 Å². The fourth-order valence-corrected chi connectivity index (χ4v) is 3.15. The molecule has 0 bridgehead atoms. The van der Waals surface area contributed by atoms with Crippen molar-refractivity contribution in [3.05, 3.63) is 56.7 Å². The highest BCUT2D eigenvalue weighted by Crippen LogP contribution is 2.18. The predicted octanol–water partition coefficient (Wildman–Crippen LogP) is 4.22. The van der Waals surface area contributed by atoms with Gasteiger partial charge in [-0.15, -0.1) is 11.3 Å². The first-order valence-electron chi connectivity index (χ1n) is 6.15. The van der Waals surface area contributed by atoms with Gasteiger partial charge in [-0.3, -0.25) is 4.79 Å². The number of halogens is 1. The van der Waals surface area contributed by atoms with Crippen LogP contribution in [0, 0.1) is 0 Å². The van der Waals surface area contributed by atoms with E-state index < -0.39 is 0 Å². The molecule has 2 rings (SSSR count). The second-order valence-electron chi connectivity index (χ2n) is 4.47. The third-order valence-electron chi connectivity index (χ3n) is 2.90. The molecule has 0 amide bonds. The molecule has 0 aliphatic heterocycles. The highest BCUT2D eigenvalue weighted by molar-refractivity contribution is 9.10. The van der Waals surface area contributed by atoms with Crippen LogP contribution in [0.4, 0.5) is 0 Å². The molecule has 0 aliphatic rings. The number of hydrogen-bond acceptors (Lipinski definition) is 3. The molecule has 100 valence electrons. The summed E-state index contributed by atoms with van der Waals surface area (Å²) in [5.41, 5.74) is 0.770. The van der Waals surface area contributed by atoms with Gasteiger partial charge in [-0.1, -0.05) is 40.2 Å². The molecular weight excluding hydrogens is 322 g/mol. The second kappa shape index (κ2) is 6.98. The Bertz CT molecular complexity index is 539. The van der Waals surface area contributed by atoms with Crippen LogP contribution in [0.15, 0.2) is 46.3 Å². The van der Waals surface area contributed by atoms with Gasteiger partial charge in [-0.2, -0.15) is 0 Å². The lowest BCUT2D eigenvalue weighted by Crippen LogP contribution is -2.21. The number of Topliss-reactive ketones (excluding diaryl/α,β-unsaturated/α-hetero) is 1. The molecule has 4 heteroatoms. The maximum atomic E-state index is 12.1. The maximum Gasteiger partial charge on any atom is 0.165 e. The molecule has 0 spiro atoms. The van der Waals surface area contributed by atoms with Crippen LogP contribution in [0.25, 0.3) is 0 Å². The summed E-state index contributed by atoms with van der Waals surface area (Å²) in [5, 5.41) is 2.08. The molecule has 0 saturated carbocycles. The zero-order chi connectivity index (χ0) is 13.7. The number of rotatable bonds is 6. The van der Waals surface area contributed by atoms with Gasteiger partial charge in [0.25, 0.3) is 0 Å². The average Bonchev–Trinajstić information content (AvgIpc) is 2.89. The van der Waals surface area contributed by atoms with E-state index in [1.165, 1.54) is 4.88 Å². The van der Waals surface area contributed by atoms with E-state index in [9.17, 15) is 4.79 Å². The number of ketones is 1. The molecule has 1 aromatic carbocycles. The molecule has 0 atom stereocenters. The number of carbonyl (C=O) groups excluding carboxylic acids is 1. The number of nitrogens with zero attached hydrogens (tertiary/aromatic N) is 1. The molecular formula is C15H16BrNOS. The van der Waals surface area contributed by atoms with Crippen molar-refractivity contribution >= 4 is 33.0 Å². The minimum Gasteiger partial charge on any atom is -0.301 e. The molecule has 1 aromatic heterocycles. The minimum absolute atomic E-state index is 0.186. The van der Waals surface area contributed by atoms with Crippen LogP contribution in [0.2, 0.25) is 0 Å². The molecule has 0 radical (unpaired) electrons. The van der Waals surface area contributed by atoms with Gasteiger partial charge in [0.05, 0.1) is 0 Å². The Labute approximate surface area is 126 Å². The topological polar surface area (TPSA) is 20.3 Å². The summed E-state index contributed by atoms with van der Waals surface area (Å²) < 4.78 is 0.876. The highest BCUT2D eigenvalue weighted by atomic mass is 79.9. The van der Waals surface area contributed by atoms with Gasteiger partial charge in [0.15, 0.2) is 5.78 Å². The van der Waals surface area contributed by atoms with Crippen molar-refractivity contribution in [1.82, 2.24) is 4.90 Å². The number of thiophene rings is 1. The number of carbonyl (C=O) groups is 1. The van der Waals surface area contributed by atoms with Crippen LogP contribution in [-0.2, 0) is 6.54 Å². The first kappa shape index (κ1) is 14.4. The first-order valence-corrected chi connectivity index (χ1v) is 7.83. The van der Waals surface area contributed by atoms with Crippen molar-refractivity contribution in [1.29, 1.82) is 0 Å². The third-order valence-corrected chi connectivity index (χ3v) is 4.45. The van der Waals surface area contributed by atoms with E-state index in [0.29, 0.717) is 6.42 Å². The first-order chi connectivity index (χ1) is 9.16. The van der Waals surface area contributed by atoms with Crippen molar-refractivity contribution in [2.45, 2.75) is 13.0 Å². The summed E-state index contributed by atoms with van der Waals surface area (Å²) in [6.07, 6.45) is 0.546. The number of hydrogen-bond donors (Lipinski definition) is 0. The Morgan fingerprint density at radius 3 is 2.74 bits per heavy atom. The zero-order valence-electron chi connectivity index (χ0n) is 10.8. The van der Waals surface area contributed by atoms with Gasteiger partial charge in [0.2, 0.25) is 0 Å². The van der Waals surface area contributed by atoms with Crippen LogP contribution in [0.1, 0.15) is 21.7 Å². The van der Waals surface area contributed by atoms with Crippen molar-refractivity contribution in [2.24, 2.45) is 0 Å². The fraction of sp³-hybridized carbons (Fsp3) is 0.267. The van der Waals surface area contributed by atoms with Crippen LogP contribution < -0.4 is 0 Å². The second-order valence-corrected chi connectivity index (χ2v) is 6.36. The van der Waals surface area contributed by atoms with Gasteiger partial charge in [0.1, 0.15) is 0 Å². The smallest absolute Gasteiger partial charge is 0.165 e. The summed E-state index contributed by atoms with van der Waals surface area (Å²) >= 11 is 5.17. The monoisotopic (exact) mass is 337 g/mol. The Hall–Kier alpha value is -0.970. The Balaban J connectivity index is 1.85. The molecule has 0 fully saturated rings. The summed E-state index contributed by atoms with van der Waals surface area (Å²) in [4.78, 5) is 15.6. The summed E-state index contributed by atoms with van der Waals surface area (Å²) in [5.74, 6) is 0.186. The maximum absolute atomic E-state index is 12.1. The fourth-order valence-electron chi connectivity index (χ4n) is 1.86. The van der Waals surface area contributed by atoms with Gasteiger partial charge in [-0.25, -0.2) is 0 Å². The minimum atomic E-state index is 0.186. The van der Waals surface area contributed by atoms with Crippen LogP contribution >= 0.6 is 27.3 Å². The lowest BCUT2D eigenvalue weighted by molar-refractivity contribution is 0.0967. The lowest BCUT2D eigenvalue weighted by Gasteiger charge is -2.15. The molecule has 2 aromatic rings. The van der Waals surface area contributed by atoms with Crippen LogP contribution in [0.3, 0.4) is 0 Å².